The number of carbonyl (C=O) groups is 2. The number of halogens is 1. The summed E-state index contributed by atoms with van der Waals surface area (Å²) in [6.07, 6.45) is 1.40. The molecule has 5 heteroatoms. The number of rotatable bonds is 10. The molecular formula is C29H33ClN2O2. The zero-order valence-electron chi connectivity index (χ0n) is 20.1. The van der Waals surface area contributed by atoms with Crippen molar-refractivity contribution in [3.8, 4) is 0 Å². The van der Waals surface area contributed by atoms with Crippen molar-refractivity contribution in [2.75, 3.05) is 7.05 Å². The molecule has 0 aromatic heterocycles. The van der Waals surface area contributed by atoms with Gasteiger partial charge in [0.05, 0.1) is 0 Å². The number of aryl methyl sites for hydroxylation is 1. The van der Waals surface area contributed by atoms with Crippen LogP contribution in [0.25, 0.3) is 0 Å². The quantitative estimate of drug-likeness (QED) is 0.403. The van der Waals surface area contributed by atoms with Gasteiger partial charge in [0.15, 0.2) is 0 Å². The van der Waals surface area contributed by atoms with E-state index < -0.39 is 6.04 Å². The van der Waals surface area contributed by atoms with Gasteiger partial charge in [-0.15, -0.1) is 0 Å². The van der Waals surface area contributed by atoms with Gasteiger partial charge in [-0.25, -0.2) is 0 Å². The molecule has 0 saturated carbocycles. The Hall–Kier alpha value is -3.11. The van der Waals surface area contributed by atoms with Crippen LogP contribution in [0, 0.1) is 0 Å². The maximum atomic E-state index is 13.5. The van der Waals surface area contributed by atoms with E-state index >= 15 is 0 Å². The second kappa shape index (κ2) is 12.4. The molecule has 0 aliphatic heterocycles. The van der Waals surface area contributed by atoms with Crippen LogP contribution in [-0.2, 0) is 29.0 Å². The number of likely N-dealkylation sites (N-methyl/N-ethyl adjacent to an activating group) is 1. The number of nitrogens with zero attached hydrogens (tertiary/aromatic N) is 1. The number of nitrogens with one attached hydrogen (secondary N) is 1. The number of amides is 2. The topological polar surface area (TPSA) is 49.4 Å². The molecular weight excluding hydrogens is 444 g/mol. The highest BCUT2D eigenvalue weighted by Crippen LogP contribution is 2.19. The summed E-state index contributed by atoms with van der Waals surface area (Å²) in [6, 6.07) is 25.0. The van der Waals surface area contributed by atoms with Crippen molar-refractivity contribution in [1.29, 1.82) is 0 Å². The van der Waals surface area contributed by atoms with E-state index in [1.54, 1.807) is 11.9 Å². The average molecular weight is 477 g/mol. The van der Waals surface area contributed by atoms with Crippen LogP contribution in [0.4, 0.5) is 0 Å². The summed E-state index contributed by atoms with van der Waals surface area (Å²) in [4.78, 5) is 28.2. The lowest BCUT2D eigenvalue weighted by atomic mass is 9.99. The predicted molar refractivity (Wildman–Crippen MR) is 139 cm³/mol. The molecule has 34 heavy (non-hydrogen) atoms. The monoisotopic (exact) mass is 476 g/mol. The molecule has 3 rings (SSSR count). The Kier molecular flexibility index (Phi) is 9.29. The Morgan fingerprint density at radius 3 is 2.06 bits per heavy atom. The average Bonchev–Trinajstić information content (AvgIpc) is 2.86. The van der Waals surface area contributed by atoms with Crippen molar-refractivity contribution >= 4 is 23.4 Å². The summed E-state index contributed by atoms with van der Waals surface area (Å²) in [5, 5.41) is 3.39. The predicted octanol–water partition coefficient (Wildman–Crippen LogP) is 5.78. The lowest BCUT2D eigenvalue weighted by molar-refractivity contribution is -0.141. The van der Waals surface area contributed by atoms with Crippen molar-refractivity contribution in [2.24, 2.45) is 0 Å². The molecule has 178 valence electrons. The highest BCUT2D eigenvalue weighted by molar-refractivity contribution is 6.30. The zero-order valence-corrected chi connectivity index (χ0v) is 20.9. The van der Waals surface area contributed by atoms with Crippen molar-refractivity contribution < 1.29 is 9.59 Å². The van der Waals surface area contributed by atoms with Gasteiger partial charge in [-0.05, 0) is 46.7 Å². The largest absolute Gasteiger partial charge is 0.357 e. The van der Waals surface area contributed by atoms with Gasteiger partial charge in [-0.2, -0.15) is 0 Å². The van der Waals surface area contributed by atoms with Crippen LogP contribution < -0.4 is 5.32 Å². The normalized spacial score (nSPS) is 11.8. The maximum absolute atomic E-state index is 13.5. The van der Waals surface area contributed by atoms with E-state index in [2.05, 4.69) is 43.4 Å². The molecule has 0 fully saturated rings. The molecule has 0 radical (unpaired) electrons. The third-order valence-electron chi connectivity index (χ3n) is 6.06. The molecule has 0 saturated heterocycles. The smallest absolute Gasteiger partial charge is 0.242 e. The van der Waals surface area contributed by atoms with Gasteiger partial charge in [-0.1, -0.05) is 92.2 Å². The van der Waals surface area contributed by atoms with Gasteiger partial charge in [-0.3, -0.25) is 9.59 Å². The second-order valence-corrected chi connectivity index (χ2v) is 9.30. The minimum Gasteiger partial charge on any atom is -0.357 e. The SMILES string of the molecule is CNC(=O)C(Cc1ccccc1)N(Cc1ccc(Cl)cc1)C(=O)CCc1ccc(C(C)C)cc1. The van der Waals surface area contributed by atoms with E-state index in [0.717, 1.165) is 16.7 Å². The molecule has 1 N–H and O–H groups in total. The van der Waals surface area contributed by atoms with Crippen LogP contribution in [0.3, 0.4) is 0 Å². The molecule has 0 aliphatic rings. The summed E-state index contributed by atoms with van der Waals surface area (Å²) in [7, 11) is 1.61. The van der Waals surface area contributed by atoms with E-state index in [0.29, 0.717) is 36.7 Å². The fourth-order valence-corrected chi connectivity index (χ4v) is 4.10. The summed E-state index contributed by atoms with van der Waals surface area (Å²) in [6.45, 7) is 4.67. The Balaban J connectivity index is 1.83. The lowest BCUT2D eigenvalue weighted by Gasteiger charge is -2.31. The minimum absolute atomic E-state index is 0.0487. The van der Waals surface area contributed by atoms with Crippen LogP contribution >= 0.6 is 11.6 Å². The van der Waals surface area contributed by atoms with Gasteiger partial charge in [0.25, 0.3) is 0 Å². The van der Waals surface area contributed by atoms with Gasteiger partial charge in [0.1, 0.15) is 6.04 Å². The Bertz CT molecular complexity index is 1060. The Morgan fingerprint density at radius 1 is 0.853 bits per heavy atom. The molecule has 4 nitrogen and oxygen atoms in total. The van der Waals surface area contributed by atoms with Crippen molar-refractivity contribution in [3.05, 3.63) is 106 Å². The summed E-state index contributed by atoms with van der Waals surface area (Å²) in [5.41, 5.74) is 4.33. The molecule has 0 bridgehead atoms. The highest BCUT2D eigenvalue weighted by Gasteiger charge is 2.29. The number of hydrogen-bond donors (Lipinski definition) is 1. The molecule has 1 unspecified atom stereocenters. The van der Waals surface area contributed by atoms with Crippen LogP contribution in [0.15, 0.2) is 78.9 Å². The first-order valence-corrected chi connectivity index (χ1v) is 12.1. The van der Waals surface area contributed by atoms with Crippen LogP contribution in [0.5, 0.6) is 0 Å². The van der Waals surface area contributed by atoms with Gasteiger partial charge in [0, 0.05) is 31.5 Å². The number of carbonyl (C=O) groups excluding carboxylic acids is 2. The first kappa shape index (κ1) is 25.5. The zero-order chi connectivity index (χ0) is 24.5. The number of hydrogen-bond acceptors (Lipinski definition) is 2. The summed E-state index contributed by atoms with van der Waals surface area (Å²) < 4.78 is 0. The third-order valence-corrected chi connectivity index (χ3v) is 6.31. The Labute approximate surface area is 207 Å². The van der Waals surface area contributed by atoms with E-state index in [4.69, 9.17) is 11.6 Å². The van der Waals surface area contributed by atoms with Gasteiger partial charge in [0.2, 0.25) is 11.8 Å². The molecule has 0 aliphatic carbocycles. The van der Waals surface area contributed by atoms with Crippen LogP contribution in [0.2, 0.25) is 5.02 Å². The van der Waals surface area contributed by atoms with Crippen LogP contribution in [0.1, 0.15) is 48.4 Å². The summed E-state index contributed by atoms with van der Waals surface area (Å²) in [5.74, 6) is 0.247. The fraction of sp³-hybridized carbons (Fsp3) is 0.310. The highest BCUT2D eigenvalue weighted by atomic mass is 35.5. The van der Waals surface area contributed by atoms with Crippen molar-refractivity contribution in [3.63, 3.8) is 0 Å². The lowest BCUT2D eigenvalue weighted by Crippen LogP contribution is -2.49. The molecule has 0 heterocycles. The third kappa shape index (κ3) is 7.19. The fourth-order valence-electron chi connectivity index (χ4n) is 3.97. The maximum Gasteiger partial charge on any atom is 0.242 e. The molecule has 1 atom stereocenters. The first-order valence-electron chi connectivity index (χ1n) is 11.8. The van der Waals surface area contributed by atoms with Crippen molar-refractivity contribution in [1.82, 2.24) is 10.2 Å². The second-order valence-electron chi connectivity index (χ2n) is 8.86. The Morgan fingerprint density at radius 2 is 1.47 bits per heavy atom. The van der Waals surface area contributed by atoms with Crippen molar-refractivity contribution in [2.45, 2.75) is 51.6 Å². The van der Waals surface area contributed by atoms with Gasteiger partial charge < -0.3 is 10.2 Å². The van der Waals surface area contributed by atoms with Gasteiger partial charge >= 0.3 is 0 Å². The van der Waals surface area contributed by atoms with E-state index in [9.17, 15) is 9.59 Å². The molecule has 0 spiro atoms. The first-order chi connectivity index (χ1) is 16.4. The van der Waals surface area contributed by atoms with E-state index in [1.165, 1.54) is 5.56 Å². The molecule has 2 amide bonds. The minimum atomic E-state index is -0.612. The molecule has 3 aromatic rings. The van der Waals surface area contributed by atoms with E-state index in [-0.39, 0.29) is 11.8 Å². The van der Waals surface area contributed by atoms with Crippen LogP contribution in [-0.4, -0.2) is 29.8 Å². The number of benzene rings is 3. The van der Waals surface area contributed by atoms with E-state index in [1.807, 2.05) is 54.6 Å². The summed E-state index contributed by atoms with van der Waals surface area (Å²) >= 11 is 6.06. The standard InChI is InChI=1S/C29H33ClN2O2/c1-21(2)25-14-9-22(10-15-25)13-18-28(33)32(20-24-11-16-26(30)17-12-24)27(29(34)31-3)19-23-7-5-4-6-8-23/h4-12,14-17,21,27H,13,18-20H2,1-3H3,(H,31,34). The molecule has 3 aromatic carbocycles.